The molecule has 29 heavy (non-hydrogen) atoms. The first-order valence-electron chi connectivity index (χ1n) is 9.53. The molecule has 1 heterocycles. The number of rotatable bonds is 6. The molecule has 0 saturated heterocycles. The topological polar surface area (TPSA) is 47.4 Å². The first-order valence-corrected chi connectivity index (χ1v) is 9.53. The third-order valence-corrected chi connectivity index (χ3v) is 5.06. The highest BCUT2D eigenvalue weighted by atomic mass is 19.1. The summed E-state index contributed by atoms with van der Waals surface area (Å²) < 4.78 is 33.5. The normalized spacial score (nSPS) is 12.7. The molecular formula is C22H21F2N3O2. The van der Waals surface area contributed by atoms with Crippen molar-refractivity contribution in [3.8, 4) is 11.4 Å². The van der Waals surface area contributed by atoms with Gasteiger partial charge in [0.05, 0.1) is 12.2 Å². The Balaban J connectivity index is 1.47. The van der Waals surface area contributed by atoms with Crippen LogP contribution in [0.3, 0.4) is 0 Å². The highest BCUT2D eigenvalue weighted by Crippen LogP contribution is 2.28. The third kappa shape index (κ3) is 3.99. The van der Waals surface area contributed by atoms with Crippen LogP contribution >= 0.6 is 0 Å². The van der Waals surface area contributed by atoms with Crippen LogP contribution < -0.4 is 4.74 Å². The highest BCUT2D eigenvalue weighted by molar-refractivity contribution is 5.94. The molecule has 3 aromatic rings. The predicted molar refractivity (Wildman–Crippen MR) is 104 cm³/mol. The van der Waals surface area contributed by atoms with Crippen molar-refractivity contribution in [1.82, 2.24) is 14.7 Å². The third-order valence-electron chi connectivity index (χ3n) is 5.06. The van der Waals surface area contributed by atoms with E-state index in [4.69, 9.17) is 4.74 Å². The lowest BCUT2D eigenvalue weighted by atomic mass is 10.2. The summed E-state index contributed by atoms with van der Waals surface area (Å²) in [7, 11) is 1.70. The van der Waals surface area contributed by atoms with Gasteiger partial charge in [-0.1, -0.05) is 0 Å². The summed E-state index contributed by atoms with van der Waals surface area (Å²) in [5.41, 5.74) is 3.15. The zero-order chi connectivity index (χ0) is 20.4. The molecule has 1 amide bonds. The zero-order valence-electron chi connectivity index (χ0n) is 16.1. The van der Waals surface area contributed by atoms with Gasteiger partial charge in [-0.15, -0.1) is 0 Å². The van der Waals surface area contributed by atoms with Gasteiger partial charge >= 0.3 is 0 Å². The predicted octanol–water partition coefficient (Wildman–Crippen LogP) is 3.79. The van der Waals surface area contributed by atoms with Crippen LogP contribution in [0.5, 0.6) is 5.75 Å². The van der Waals surface area contributed by atoms with E-state index >= 15 is 0 Å². The van der Waals surface area contributed by atoms with Crippen LogP contribution in [0, 0.1) is 11.6 Å². The van der Waals surface area contributed by atoms with Crippen LogP contribution in [-0.2, 0) is 12.8 Å². The Morgan fingerprint density at radius 1 is 1.07 bits per heavy atom. The van der Waals surface area contributed by atoms with E-state index < -0.39 is 0 Å². The molecule has 0 fully saturated rings. The number of benzene rings is 2. The number of fused-ring (bicyclic) bond motifs is 1. The largest absolute Gasteiger partial charge is 0.492 e. The van der Waals surface area contributed by atoms with E-state index in [1.807, 2.05) is 0 Å². The summed E-state index contributed by atoms with van der Waals surface area (Å²) in [5.74, 6) is -0.259. The highest BCUT2D eigenvalue weighted by Gasteiger charge is 2.28. The van der Waals surface area contributed by atoms with E-state index in [1.165, 1.54) is 24.3 Å². The van der Waals surface area contributed by atoms with Gasteiger partial charge < -0.3 is 9.64 Å². The Morgan fingerprint density at radius 3 is 2.41 bits per heavy atom. The fraction of sp³-hybridized carbons (Fsp3) is 0.273. The summed E-state index contributed by atoms with van der Waals surface area (Å²) in [6.45, 7) is 0.656. The number of hydrogen-bond acceptors (Lipinski definition) is 3. The first kappa shape index (κ1) is 19.1. The molecular weight excluding hydrogens is 376 g/mol. The van der Waals surface area contributed by atoms with Crippen LogP contribution in [0.4, 0.5) is 8.78 Å². The number of halogens is 2. The molecule has 0 unspecified atom stereocenters. The maximum atomic E-state index is 13.3. The fourth-order valence-electron chi connectivity index (χ4n) is 3.52. The van der Waals surface area contributed by atoms with Crippen molar-refractivity contribution in [2.45, 2.75) is 19.3 Å². The van der Waals surface area contributed by atoms with E-state index in [0.29, 0.717) is 18.0 Å². The van der Waals surface area contributed by atoms with Gasteiger partial charge in [-0.2, -0.15) is 5.10 Å². The second kappa shape index (κ2) is 8.03. The summed E-state index contributed by atoms with van der Waals surface area (Å²) in [6, 6.07) is 11.9. The number of aromatic nitrogens is 2. The van der Waals surface area contributed by atoms with Crippen molar-refractivity contribution in [3.05, 3.63) is 77.1 Å². The van der Waals surface area contributed by atoms with Gasteiger partial charge in [0.1, 0.15) is 24.0 Å². The molecule has 4 rings (SSSR count). The average Bonchev–Trinajstić information content (AvgIpc) is 3.32. The van der Waals surface area contributed by atoms with Crippen molar-refractivity contribution >= 4 is 5.91 Å². The Bertz CT molecular complexity index is 1010. The summed E-state index contributed by atoms with van der Waals surface area (Å²) >= 11 is 0. The fourth-order valence-corrected chi connectivity index (χ4v) is 3.52. The minimum Gasteiger partial charge on any atom is -0.492 e. The van der Waals surface area contributed by atoms with Crippen LogP contribution in [0.25, 0.3) is 5.69 Å². The van der Waals surface area contributed by atoms with Crippen molar-refractivity contribution < 1.29 is 18.3 Å². The maximum absolute atomic E-state index is 13.3. The number of carbonyl (C=O) groups is 1. The molecule has 0 radical (unpaired) electrons. The molecule has 1 aliphatic carbocycles. The van der Waals surface area contributed by atoms with Gasteiger partial charge in [-0.3, -0.25) is 4.79 Å². The molecule has 5 nitrogen and oxygen atoms in total. The first-order chi connectivity index (χ1) is 14.0. The zero-order valence-corrected chi connectivity index (χ0v) is 16.1. The molecule has 2 aromatic carbocycles. The number of nitrogens with zero attached hydrogens (tertiary/aromatic N) is 3. The molecule has 0 aliphatic heterocycles. The standard InChI is InChI=1S/C22H21F2N3O2/c1-26(13-14-29-18-11-7-16(24)8-12-18)22(28)21-19-3-2-4-20(19)27(25-21)17-9-5-15(23)6-10-17/h5-12H,2-4,13-14H2,1H3. The van der Waals surface area contributed by atoms with E-state index in [2.05, 4.69) is 5.10 Å². The second-order valence-electron chi connectivity index (χ2n) is 7.04. The number of carbonyl (C=O) groups excluding carboxylic acids is 1. The molecule has 0 spiro atoms. The number of amides is 1. The molecule has 0 N–H and O–H groups in total. The van der Waals surface area contributed by atoms with Crippen molar-refractivity contribution in [2.75, 3.05) is 20.2 Å². The number of hydrogen-bond donors (Lipinski definition) is 0. The summed E-state index contributed by atoms with van der Waals surface area (Å²) in [4.78, 5) is 14.5. The molecule has 1 aromatic heterocycles. The van der Waals surface area contributed by atoms with Crippen LogP contribution in [0.2, 0.25) is 0 Å². The van der Waals surface area contributed by atoms with E-state index in [0.717, 1.165) is 36.2 Å². The second-order valence-corrected chi connectivity index (χ2v) is 7.04. The Labute approximate surface area is 167 Å². The monoisotopic (exact) mass is 397 g/mol. The van der Waals surface area contributed by atoms with Crippen molar-refractivity contribution in [3.63, 3.8) is 0 Å². The van der Waals surface area contributed by atoms with Gasteiger partial charge in [0.2, 0.25) is 0 Å². The molecule has 1 aliphatic rings. The van der Waals surface area contributed by atoms with Crippen LogP contribution in [-0.4, -0.2) is 40.8 Å². The smallest absolute Gasteiger partial charge is 0.274 e. The molecule has 0 saturated carbocycles. The minimum absolute atomic E-state index is 0.174. The molecule has 150 valence electrons. The SMILES string of the molecule is CN(CCOc1ccc(F)cc1)C(=O)c1nn(-c2ccc(F)cc2)c2c1CCC2. The van der Waals surface area contributed by atoms with Gasteiger partial charge in [-0.05, 0) is 67.8 Å². The Kier molecular flexibility index (Phi) is 5.29. The number of ether oxygens (including phenoxy) is 1. The van der Waals surface area contributed by atoms with E-state index in [9.17, 15) is 13.6 Å². The minimum atomic E-state index is -0.324. The van der Waals surface area contributed by atoms with Crippen LogP contribution in [0.15, 0.2) is 48.5 Å². The number of likely N-dealkylation sites (N-methyl/N-ethyl adjacent to an activating group) is 1. The van der Waals surface area contributed by atoms with Crippen molar-refractivity contribution in [1.29, 1.82) is 0 Å². The van der Waals surface area contributed by atoms with E-state index in [1.54, 1.807) is 40.9 Å². The quantitative estimate of drug-likeness (QED) is 0.636. The summed E-state index contributed by atoms with van der Waals surface area (Å²) in [6.07, 6.45) is 2.61. The Morgan fingerprint density at radius 2 is 1.72 bits per heavy atom. The van der Waals surface area contributed by atoms with Crippen molar-refractivity contribution in [2.24, 2.45) is 0 Å². The van der Waals surface area contributed by atoms with Gasteiger partial charge in [0.15, 0.2) is 5.69 Å². The van der Waals surface area contributed by atoms with E-state index in [-0.39, 0.29) is 24.1 Å². The van der Waals surface area contributed by atoms with Gasteiger partial charge in [0, 0.05) is 18.3 Å². The lowest BCUT2D eigenvalue weighted by Crippen LogP contribution is -2.31. The lowest BCUT2D eigenvalue weighted by Gasteiger charge is -2.17. The molecule has 7 heteroatoms. The Hall–Kier alpha value is -3.22. The van der Waals surface area contributed by atoms with Gasteiger partial charge in [0.25, 0.3) is 5.91 Å². The average molecular weight is 397 g/mol. The lowest BCUT2D eigenvalue weighted by molar-refractivity contribution is 0.0766. The maximum Gasteiger partial charge on any atom is 0.274 e. The van der Waals surface area contributed by atoms with Crippen LogP contribution in [0.1, 0.15) is 28.2 Å². The van der Waals surface area contributed by atoms with Gasteiger partial charge in [-0.25, -0.2) is 13.5 Å². The summed E-state index contributed by atoms with van der Waals surface area (Å²) in [5, 5.41) is 4.55. The molecule has 0 bridgehead atoms. The molecule has 0 atom stereocenters.